The number of nitrogens with zero attached hydrogens (tertiary/aromatic N) is 1. The van der Waals surface area contributed by atoms with Crippen LogP contribution in [0.25, 0.3) is 0 Å². The van der Waals surface area contributed by atoms with Gasteiger partial charge in [-0.3, -0.25) is 9.69 Å². The molecule has 0 N–H and O–H groups in total. The van der Waals surface area contributed by atoms with Gasteiger partial charge in [0.25, 0.3) is 0 Å². The van der Waals surface area contributed by atoms with Crippen molar-refractivity contribution in [2.24, 2.45) is 11.8 Å². The number of carbonyl (C=O) groups is 1. The van der Waals surface area contributed by atoms with Crippen LogP contribution >= 0.6 is 0 Å². The third-order valence-electron chi connectivity index (χ3n) is 4.87. The zero-order valence-electron chi connectivity index (χ0n) is 12.1. The first-order valence-electron chi connectivity index (χ1n) is 7.68. The average Bonchev–Trinajstić information content (AvgIpc) is 3.06. The molecule has 3 rings (SSSR count). The third kappa shape index (κ3) is 2.88. The number of fused-ring (bicyclic) bond motifs is 1. The maximum atomic E-state index is 12.2. The van der Waals surface area contributed by atoms with Gasteiger partial charge < -0.3 is 4.74 Å². The Balaban J connectivity index is 1.50. The fraction of sp³-hybridized carbons (Fsp3) is 0.588. The molecule has 3 atom stereocenters. The molecular weight excluding hydrogens is 250 g/mol. The SMILES string of the molecule is CC(C(=O)OCc1ccccc1)N1CC2CCCC2C1. The Bertz CT molecular complexity index is 447. The van der Waals surface area contributed by atoms with Crippen molar-refractivity contribution in [1.82, 2.24) is 4.90 Å². The molecule has 20 heavy (non-hydrogen) atoms. The van der Waals surface area contributed by atoms with Crippen LogP contribution < -0.4 is 0 Å². The van der Waals surface area contributed by atoms with Crippen LogP contribution in [0, 0.1) is 11.8 Å². The van der Waals surface area contributed by atoms with Crippen molar-refractivity contribution in [2.45, 2.75) is 38.8 Å². The Hall–Kier alpha value is -1.35. The highest BCUT2D eigenvalue weighted by molar-refractivity contribution is 5.75. The molecule has 3 heteroatoms. The summed E-state index contributed by atoms with van der Waals surface area (Å²) in [6, 6.07) is 9.76. The molecule has 1 saturated carbocycles. The van der Waals surface area contributed by atoms with Gasteiger partial charge in [0.2, 0.25) is 0 Å². The standard InChI is InChI=1S/C17H23NO2/c1-13(18-10-15-8-5-9-16(15)11-18)17(19)20-12-14-6-3-2-4-7-14/h2-4,6-7,13,15-16H,5,8-12H2,1H3. The Kier molecular flexibility index (Phi) is 4.06. The summed E-state index contributed by atoms with van der Waals surface area (Å²) in [4.78, 5) is 14.5. The van der Waals surface area contributed by atoms with Gasteiger partial charge in [-0.25, -0.2) is 0 Å². The fourth-order valence-corrected chi connectivity index (χ4v) is 3.59. The second-order valence-electron chi connectivity index (χ2n) is 6.17. The number of hydrogen-bond donors (Lipinski definition) is 0. The quantitative estimate of drug-likeness (QED) is 0.790. The minimum absolute atomic E-state index is 0.0890. The summed E-state index contributed by atoms with van der Waals surface area (Å²) in [5.74, 6) is 1.55. The van der Waals surface area contributed by atoms with Crippen LogP contribution in [0.3, 0.4) is 0 Å². The highest BCUT2D eigenvalue weighted by Gasteiger charge is 2.39. The summed E-state index contributed by atoms with van der Waals surface area (Å²) < 4.78 is 5.44. The van der Waals surface area contributed by atoms with E-state index in [0.29, 0.717) is 6.61 Å². The van der Waals surface area contributed by atoms with E-state index in [1.807, 2.05) is 37.3 Å². The normalized spacial score (nSPS) is 27.2. The van der Waals surface area contributed by atoms with Gasteiger partial charge in [-0.2, -0.15) is 0 Å². The number of hydrogen-bond acceptors (Lipinski definition) is 3. The maximum absolute atomic E-state index is 12.2. The summed E-state index contributed by atoms with van der Waals surface area (Å²) in [6.45, 7) is 4.51. The van der Waals surface area contributed by atoms with Crippen LogP contribution in [0.1, 0.15) is 31.7 Å². The van der Waals surface area contributed by atoms with Crippen molar-refractivity contribution in [3.63, 3.8) is 0 Å². The zero-order chi connectivity index (χ0) is 13.9. The molecule has 1 aliphatic carbocycles. The molecule has 0 bridgehead atoms. The molecule has 1 heterocycles. The summed E-state index contributed by atoms with van der Waals surface area (Å²) >= 11 is 0. The fourth-order valence-electron chi connectivity index (χ4n) is 3.59. The van der Waals surface area contributed by atoms with Crippen LogP contribution in [-0.4, -0.2) is 30.0 Å². The minimum Gasteiger partial charge on any atom is -0.460 e. The van der Waals surface area contributed by atoms with E-state index in [9.17, 15) is 4.79 Å². The highest BCUT2D eigenvalue weighted by atomic mass is 16.5. The van der Waals surface area contributed by atoms with Crippen molar-refractivity contribution in [3.05, 3.63) is 35.9 Å². The lowest BCUT2D eigenvalue weighted by molar-refractivity contribution is -0.150. The minimum atomic E-state index is -0.107. The predicted molar refractivity (Wildman–Crippen MR) is 78.1 cm³/mol. The van der Waals surface area contributed by atoms with Crippen molar-refractivity contribution in [2.75, 3.05) is 13.1 Å². The van der Waals surface area contributed by atoms with Crippen molar-refractivity contribution in [3.8, 4) is 0 Å². The second-order valence-corrected chi connectivity index (χ2v) is 6.17. The van der Waals surface area contributed by atoms with Gasteiger partial charge in [0, 0.05) is 13.1 Å². The number of carbonyl (C=O) groups excluding carboxylic acids is 1. The van der Waals surface area contributed by atoms with E-state index in [-0.39, 0.29) is 12.0 Å². The molecule has 108 valence electrons. The first kappa shape index (κ1) is 13.6. The number of likely N-dealkylation sites (tertiary alicyclic amines) is 1. The second kappa shape index (κ2) is 5.96. The zero-order valence-corrected chi connectivity index (χ0v) is 12.1. The van der Waals surface area contributed by atoms with E-state index in [0.717, 1.165) is 30.5 Å². The summed E-state index contributed by atoms with van der Waals surface area (Å²) in [5, 5.41) is 0. The van der Waals surface area contributed by atoms with Crippen LogP contribution in [0.2, 0.25) is 0 Å². The molecule has 1 aromatic rings. The molecule has 1 aromatic carbocycles. The van der Waals surface area contributed by atoms with Crippen molar-refractivity contribution < 1.29 is 9.53 Å². The number of esters is 1. The first-order valence-corrected chi connectivity index (χ1v) is 7.68. The highest BCUT2D eigenvalue weighted by Crippen LogP contribution is 2.38. The van der Waals surface area contributed by atoms with Gasteiger partial charge >= 0.3 is 5.97 Å². The molecule has 0 spiro atoms. The molecule has 3 nitrogen and oxygen atoms in total. The number of benzene rings is 1. The van der Waals surface area contributed by atoms with Gasteiger partial charge in [0.05, 0.1) is 0 Å². The van der Waals surface area contributed by atoms with E-state index in [1.54, 1.807) is 0 Å². The average molecular weight is 273 g/mol. The van der Waals surface area contributed by atoms with E-state index in [1.165, 1.54) is 19.3 Å². The lowest BCUT2D eigenvalue weighted by Crippen LogP contribution is -2.39. The number of rotatable bonds is 4. The predicted octanol–water partition coefficient (Wildman–Crippen LogP) is 2.85. The van der Waals surface area contributed by atoms with Gasteiger partial charge in [-0.15, -0.1) is 0 Å². The summed E-state index contributed by atoms with van der Waals surface area (Å²) in [5.41, 5.74) is 1.05. The van der Waals surface area contributed by atoms with Crippen molar-refractivity contribution >= 4 is 5.97 Å². The maximum Gasteiger partial charge on any atom is 0.323 e. The molecular formula is C17H23NO2. The molecule has 1 aliphatic heterocycles. The van der Waals surface area contributed by atoms with Crippen LogP contribution in [0.5, 0.6) is 0 Å². The monoisotopic (exact) mass is 273 g/mol. The molecule has 3 unspecified atom stereocenters. The smallest absolute Gasteiger partial charge is 0.323 e. The van der Waals surface area contributed by atoms with Gasteiger partial charge in [0.15, 0.2) is 0 Å². The summed E-state index contributed by atoms with van der Waals surface area (Å²) in [7, 11) is 0. The molecule has 0 aromatic heterocycles. The molecule has 0 amide bonds. The van der Waals surface area contributed by atoms with Crippen LogP contribution in [0.15, 0.2) is 30.3 Å². The Morgan fingerprint density at radius 2 is 1.90 bits per heavy atom. The van der Waals surface area contributed by atoms with E-state index < -0.39 is 0 Å². The largest absolute Gasteiger partial charge is 0.460 e. The van der Waals surface area contributed by atoms with E-state index >= 15 is 0 Å². The Morgan fingerprint density at radius 1 is 1.25 bits per heavy atom. The van der Waals surface area contributed by atoms with Gasteiger partial charge in [0.1, 0.15) is 12.6 Å². The third-order valence-corrected chi connectivity index (χ3v) is 4.87. The lowest BCUT2D eigenvalue weighted by atomic mass is 10.0. The van der Waals surface area contributed by atoms with Gasteiger partial charge in [-0.05, 0) is 37.2 Å². The first-order chi connectivity index (χ1) is 9.74. The molecule has 1 saturated heterocycles. The topological polar surface area (TPSA) is 29.5 Å². The lowest BCUT2D eigenvalue weighted by Gasteiger charge is -2.23. The molecule has 0 radical (unpaired) electrons. The molecule has 2 aliphatic rings. The summed E-state index contributed by atoms with van der Waals surface area (Å²) in [6.07, 6.45) is 4.05. The van der Waals surface area contributed by atoms with E-state index in [2.05, 4.69) is 4.90 Å². The van der Waals surface area contributed by atoms with Crippen LogP contribution in [-0.2, 0) is 16.1 Å². The Labute approximate surface area is 120 Å². The Morgan fingerprint density at radius 3 is 2.55 bits per heavy atom. The van der Waals surface area contributed by atoms with Crippen LogP contribution in [0.4, 0.5) is 0 Å². The van der Waals surface area contributed by atoms with E-state index in [4.69, 9.17) is 4.74 Å². The number of ether oxygens (including phenoxy) is 1. The van der Waals surface area contributed by atoms with Gasteiger partial charge in [-0.1, -0.05) is 36.8 Å². The molecule has 2 fully saturated rings. The van der Waals surface area contributed by atoms with Crippen molar-refractivity contribution in [1.29, 1.82) is 0 Å².